The van der Waals surface area contributed by atoms with E-state index < -0.39 is 0 Å². The number of benzene rings is 1. The second-order valence-corrected chi connectivity index (χ2v) is 4.70. The maximum Gasteiger partial charge on any atom is 0.302 e. The summed E-state index contributed by atoms with van der Waals surface area (Å²) < 4.78 is 16.0. The molecule has 0 aromatic heterocycles. The molecule has 5 nitrogen and oxygen atoms in total. The van der Waals surface area contributed by atoms with E-state index in [9.17, 15) is 9.90 Å². The molecule has 0 aliphatic rings. The molecule has 0 unspecified atom stereocenters. The summed E-state index contributed by atoms with van der Waals surface area (Å²) in [6.07, 6.45) is 0.607. The average molecular weight is 296 g/mol. The summed E-state index contributed by atoms with van der Waals surface area (Å²) in [5, 5.41) is 9.36. The van der Waals surface area contributed by atoms with Crippen molar-refractivity contribution in [3.8, 4) is 11.5 Å². The summed E-state index contributed by atoms with van der Waals surface area (Å²) in [5.74, 6) is 0.945. The van der Waals surface area contributed by atoms with Crippen LogP contribution in [-0.4, -0.2) is 37.5 Å². The zero-order valence-electron chi connectivity index (χ0n) is 12.9. The van der Waals surface area contributed by atoms with Crippen LogP contribution in [0.1, 0.15) is 26.3 Å². The van der Waals surface area contributed by atoms with Gasteiger partial charge in [0.25, 0.3) is 0 Å². The second-order valence-electron chi connectivity index (χ2n) is 4.70. The summed E-state index contributed by atoms with van der Waals surface area (Å²) in [6.45, 7) is 6.50. The number of ether oxygens (including phenoxy) is 3. The van der Waals surface area contributed by atoms with Crippen LogP contribution in [0.2, 0.25) is 0 Å². The summed E-state index contributed by atoms with van der Waals surface area (Å²) >= 11 is 0. The number of rotatable bonds is 9. The smallest absolute Gasteiger partial charge is 0.302 e. The van der Waals surface area contributed by atoms with Gasteiger partial charge in [0.2, 0.25) is 0 Å². The predicted molar refractivity (Wildman–Crippen MR) is 79.7 cm³/mol. The summed E-state index contributed by atoms with van der Waals surface area (Å²) in [7, 11) is 0. The maximum atomic E-state index is 10.8. The highest BCUT2D eigenvalue weighted by molar-refractivity contribution is 5.65. The highest BCUT2D eigenvalue weighted by Crippen LogP contribution is 2.29. The van der Waals surface area contributed by atoms with Crippen LogP contribution in [0.15, 0.2) is 18.2 Å². The quantitative estimate of drug-likeness (QED) is 0.708. The number of hydrogen-bond acceptors (Lipinski definition) is 5. The standard InChI is InChI=1S/C16H24O5/c1-4-19-15-7-6-13(9-16(15)20-5-2)8-14(10-17)11-21-12(3)18/h6-7,9,14,17H,4-5,8,10-11H2,1-3H3/t14-/m1/s1. The molecule has 21 heavy (non-hydrogen) atoms. The van der Waals surface area contributed by atoms with Crippen LogP contribution in [-0.2, 0) is 16.0 Å². The molecule has 0 radical (unpaired) electrons. The van der Waals surface area contributed by atoms with E-state index in [2.05, 4.69) is 0 Å². The van der Waals surface area contributed by atoms with Crippen molar-refractivity contribution in [3.05, 3.63) is 23.8 Å². The number of carbonyl (C=O) groups is 1. The van der Waals surface area contributed by atoms with Crippen LogP contribution >= 0.6 is 0 Å². The fourth-order valence-corrected chi connectivity index (χ4v) is 1.97. The first-order valence-corrected chi connectivity index (χ1v) is 7.23. The van der Waals surface area contributed by atoms with E-state index in [-0.39, 0.29) is 25.1 Å². The molecule has 0 saturated heterocycles. The predicted octanol–water partition coefficient (Wildman–Crippen LogP) is 2.20. The minimum absolute atomic E-state index is 0.0372. The molecule has 0 aliphatic heterocycles. The number of carbonyl (C=O) groups excluding carboxylic acids is 1. The molecular weight excluding hydrogens is 272 g/mol. The number of esters is 1. The van der Waals surface area contributed by atoms with Crippen molar-refractivity contribution in [2.75, 3.05) is 26.4 Å². The molecule has 1 aromatic carbocycles. The van der Waals surface area contributed by atoms with Crippen molar-refractivity contribution in [2.24, 2.45) is 5.92 Å². The normalized spacial score (nSPS) is 11.8. The molecule has 0 fully saturated rings. The lowest BCUT2D eigenvalue weighted by molar-refractivity contribution is -0.142. The fraction of sp³-hybridized carbons (Fsp3) is 0.562. The molecule has 0 amide bonds. The largest absolute Gasteiger partial charge is 0.490 e. The van der Waals surface area contributed by atoms with Gasteiger partial charge in [0.1, 0.15) is 0 Å². The van der Waals surface area contributed by atoms with E-state index in [4.69, 9.17) is 14.2 Å². The summed E-state index contributed by atoms with van der Waals surface area (Å²) in [4.78, 5) is 10.8. The summed E-state index contributed by atoms with van der Waals surface area (Å²) in [5.41, 5.74) is 1.01. The Kier molecular flexibility index (Phi) is 7.61. The Bertz CT molecular complexity index is 444. The van der Waals surface area contributed by atoms with E-state index in [1.54, 1.807) is 0 Å². The van der Waals surface area contributed by atoms with E-state index in [0.717, 1.165) is 5.56 Å². The lowest BCUT2D eigenvalue weighted by Gasteiger charge is -2.16. The number of aliphatic hydroxyl groups excluding tert-OH is 1. The first-order valence-electron chi connectivity index (χ1n) is 7.23. The van der Waals surface area contributed by atoms with Gasteiger partial charge in [-0.05, 0) is 38.0 Å². The van der Waals surface area contributed by atoms with Crippen molar-refractivity contribution >= 4 is 5.97 Å². The second kappa shape index (κ2) is 9.23. The molecule has 1 rings (SSSR count). The Morgan fingerprint density at radius 2 is 1.86 bits per heavy atom. The molecule has 1 atom stereocenters. The monoisotopic (exact) mass is 296 g/mol. The van der Waals surface area contributed by atoms with Crippen LogP contribution in [0.5, 0.6) is 11.5 Å². The maximum absolute atomic E-state index is 10.8. The van der Waals surface area contributed by atoms with Gasteiger partial charge in [-0.15, -0.1) is 0 Å². The lowest BCUT2D eigenvalue weighted by atomic mass is 10.0. The number of hydrogen-bond donors (Lipinski definition) is 1. The molecule has 1 aromatic rings. The van der Waals surface area contributed by atoms with Crippen LogP contribution in [0, 0.1) is 5.92 Å². The molecule has 1 N–H and O–H groups in total. The van der Waals surface area contributed by atoms with Gasteiger partial charge in [0, 0.05) is 19.4 Å². The molecular formula is C16H24O5. The minimum atomic E-state index is -0.338. The van der Waals surface area contributed by atoms with E-state index >= 15 is 0 Å². The first kappa shape index (κ1) is 17.3. The zero-order valence-corrected chi connectivity index (χ0v) is 12.9. The minimum Gasteiger partial charge on any atom is -0.490 e. The van der Waals surface area contributed by atoms with Crippen molar-refractivity contribution in [3.63, 3.8) is 0 Å². The van der Waals surface area contributed by atoms with Crippen LogP contribution in [0.4, 0.5) is 0 Å². The van der Waals surface area contributed by atoms with Gasteiger partial charge in [-0.1, -0.05) is 6.07 Å². The topological polar surface area (TPSA) is 65.0 Å². The average Bonchev–Trinajstić information content (AvgIpc) is 2.46. The molecule has 0 heterocycles. The molecule has 118 valence electrons. The van der Waals surface area contributed by atoms with E-state index in [0.29, 0.717) is 31.1 Å². The third kappa shape index (κ3) is 6.04. The number of aliphatic hydroxyl groups is 1. The lowest BCUT2D eigenvalue weighted by Crippen LogP contribution is -2.18. The molecule has 5 heteroatoms. The zero-order chi connectivity index (χ0) is 15.7. The van der Waals surface area contributed by atoms with Crippen molar-refractivity contribution in [1.82, 2.24) is 0 Å². The third-order valence-corrected chi connectivity index (χ3v) is 2.91. The van der Waals surface area contributed by atoms with E-state index in [1.807, 2.05) is 32.0 Å². The van der Waals surface area contributed by atoms with Gasteiger partial charge in [-0.2, -0.15) is 0 Å². The molecule has 0 spiro atoms. The van der Waals surface area contributed by atoms with E-state index in [1.165, 1.54) is 6.92 Å². The SMILES string of the molecule is CCOc1ccc(C[C@H](CO)COC(C)=O)cc1OCC. The molecule has 0 bridgehead atoms. The Hall–Kier alpha value is -1.75. The Labute approximate surface area is 125 Å². The molecule has 0 saturated carbocycles. The van der Waals surface area contributed by atoms with Gasteiger partial charge >= 0.3 is 5.97 Å². The fourth-order valence-electron chi connectivity index (χ4n) is 1.97. The summed E-state index contributed by atoms with van der Waals surface area (Å²) in [6, 6.07) is 5.71. The van der Waals surface area contributed by atoms with Gasteiger partial charge in [-0.3, -0.25) is 4.79 Å². The first-order chi connectivity index (χ1) is 10.1. The van der Waals surface area contributed by atoms with Crippen molar-refractivity contribution in [2.45, 2.75) is 27.2 Å². The van der Waals surface area contributed by atoms with Crippen LogP contribution < -0.4 is 9.47 Å². The van der Waals surface area contributed by atoms with Crippen molar-refractivity contribution < 1.29 is 24.1 Å². The van der Waals surface area contributed by atoms with Crippen molar-refractivity contribution in [1.29, 1.82) is 0 Å². The van der Waals surface area contributed by atoms with Crippen LogP contribution in [0.25, 0.3) is 0 Å². The highest BCUT2D eigenvalue weighted by Gasteiger charge is 2.13. The Morgan fingerprint density at radius 1 is 1.19 bits per heavy atom. The Balaban J connectivity index is 2.77. The third-order valence-electron chi connectivity index (χ3n) is 2.91. The highest BCUT2D eigenvalue weighted by atomic mass is 16.5. The van der Waals surface area contributed by atoms with Gasteiger partial charge in [-0.25, -0.2) is 0 Å². The van der Waals surface area contributed by atoms with Crippen LogP contribution in [0.3, 0.4) is 0 Å². The Morgan fingerprint density at radius 3 is 2.43 bits per heavy atom. The van der Waals surface area contributed by atoms with Gasteiger partial charge in [0.05, 0.1) is 19.8 Å². The molecule has 0 aliphatic carbocycles. The van der Waals surface area contributed by atoms with Gasteiger partial charge in [0.15, 0.2) is 11.5 Å². The van der Waals surface area contributed by atoms with Gasteiger partial charge < -0.3 is 19.3 Å².